The van der Waals surface area contributed by atoms with Gasteiger partial charge in [0.05, 0.1) is 23.8 Å². The Morgan fingerprint density at radius 3 is 2.77 bits per heavy atom. The van der Waals surface area contributed by atoms with E-state index in [0.29, 0.717) is 10.9 Å². The molecule has 4 aromatic rings. The molecule has 0 spiro atoms. The molecule has 0 radical (unpaired) electrons. The van der Waals surface area contributed by atoms with Crippen molar-refractivity contribution < 1.29 is 18.9 Å². The molecule has 2 heterocycles. The van der Waals surface area contributed by atoms with E-state index in [1.165, 1.54) is 19.4 Å². The van der Waals surface area contributed by atoms with E-state index in [4.69, 9.17) is 9.15 Å². The van der Waals surface area contributed by atoms with Crippen LogP contribution in [-0.2, 0) is 4.74 Å². The van der Waals surface area contributed by atoms with E-state index in [1.54, 1.807) is 12.1 Å². The number of fused-ring (bicyclic) bond motifs is 3. The Morgan fingerprint density at radius 1 is 1.31 bits per heavy atom. The number of aromatic amines is 1. The molecule has 0 atom stereocenters. The molecule has 0 unspecified atom stereocenters. The fraction of sp³-hybridized carbons (Fsp3) is 0.0556. The minimum absolute atomic E-state index is 0.0821. The number of aromatic nitrogens is 1. The van der Waals surface area contributed by atoms with Gasteiger partial charge >= 0.3 is 5.97 Å². The highest BCUT2D eigenvalue weighted by atomic mass is 127. The third-order valence-corrected chi connectivity index (χ3v) is 5.10. The number of benzene rings is 2. The number of H-pyrrole nitrogens is 1. The number of methoxy groups -OCH3 is 1. The van der Waals surface area contributed by atoms with Crippen molar-refractivity contribution >= 4 is 56.1 Å². The number of nitro benzene ring substituents is 1. The van der Waals surface area contributed by atoms with Crippen molar-refractivity contribution in [2.45, 2.75) is 0 Å². The lowest BCUT2D eigenvalue weighted by atomic mass is 9.98. The average molecular weight is 462 g/mol. The third-order valence-electron chi connectivity index (χ3n) is 4.20. The summed E-state index contributed by atoms with van der Waals surface area (Å²) < 4.78 is 11.2. The monoisotopic (exact) mass is 462 g/mol. The lowest BCUT2D eigenvalue weighted by Crippen LogP contribution is -2.07. The molecule has 0 bridgehead atoms. The van der Waals surface area contributed by atoms with Crippen LogP contribution in [0.1, 0.15) is 10.4 Å². The molecule has 8 heteroatoms. The molecule has 0 saturated heterocycles. The molecule has 0 saturated carbocycles. The second kappa shape index (κ2) is 6.13. The zero-order chi connectivity index (χ0) is 18.4. The van der Waals surface area contributed by atoms with Gasteiger partial charge in [0, 0.05) is 25.9 Å². The lowest BCUT2D eigenvalue weighted by Gasteiger charge is -2.08. The second-order valence-corrected chi connectivity index (χ2v) is 6.74. The molecule has 130 valence electrons. The van der Waals surface area contributed by atoms with Crippen molar-refractivity contribution in [3.63, 3.8) is 0 Å². The Balaban J connectivity index is 2.27. The molecule has 0 aliphatic rings. The van der Waals surface area contributed by atoms with E-state index in [2.05, 4.69) is 27.6 Å². The van der Waals surface area contributed by atoms with E-state index < -0.39 is 10.9 Å². The Bertz CT molecular complexity index is 1180. The van der Waals surface area contributed by atoms with Crippen LogP contribution in [0, 0.1) is 13.7 Å². The van der Waals surface area contributed by atoms with Gasteiger partial charge in [0.2, 0.25) is 0 Å². The molecular weight excluding hydrogens is 451 g/mol. The average Bonchev–Trinajstić information content (AvgIpc) is 3.27. The molecule has 1 N–H and O–H groups in total. The Hall–Kier alpha value is -2.88. The number of nitro groups is 1. The number of carbonyl (C=O) groups is 1. The number of nitrogens with zero attached hydrogens (tertiary/aromatic N) is 1. The van der Waals surface area contributed by atoms with Gasteiger partial charge in [-0.05, 0) is 46.9 Å². The van der Waals surface area contributed by atoms with Gasteiger partial charge in [-0.2, -0.15) is 0 Å². The first-order valence-electron chi connectivity index (χ1n) is 7.56. The minimum Gasteiger partial charge on any atom is -0.465 e. The van der Waals surface area contributed by atoms with E-state index in [9.17, 15) is 14.9 Å². The highest BCUT2D eigenvalue weighted by molar-refractivity contribution is 14.1. The summed E-state index contributed by atoms with van der Waals surface area (Å²) in [5.41, 5.74) is 1.23. The van der Waals surface area contributed by atoms with Crippen LogP contribution in [-0.4, -0.2) is 23.0 Å². The van der Waals surface area contributed by atoms with Crippen molar-refractivity contribution in [1.29, 1.82) is 0 Å². The fourth-order valence-electron chi connectivity index (χ4n) is 3.15. The van der Waals surface area contributed by atoms with Gasteiger partial charge < -0.3 is 14.1 Å². The van der Waals surface area contributed by atoms with Crippen LogP contribution in [0.4, 0.5) is 5.69 Å². The van der Waals surface area contributed by atoms with Crippen LogP contribution < -0.4 is 0 Å². The van der Waals surface area contributed by atoms with E-state index in [1.807, 2.05) is 18.2 Å². The standard InChI is InChI=1S/C18H11IN2O5/c1-25-18(22)16-15(13-6-3-7-26-13)12(21(23)24)8-9-14-10(19)4-2-5-11(14)20-17(9)16/h2-8,20H,1H3. The van der Waals surface area contributed by atoms with Gasteiger partial charge in [0.1, 0.15) is 16.9 Å². The first-order valence-corrected chi connectivity index (χ1v) is 8.64. The minimum atomic E-state index is -0.674. The van der Waals surface area contributed by atoms with Crippen molar-refractivity contribution in [1.82, 2.24) is 4.98 Å². The molecular formula is C18H11IN2O5. The summed E-state index contributed by atoms with van der Waals surface area (Å²) in [6.45, 7) is 0. The molecule has 0 aliphatic carbocycles. The molecule has 0 amide bonds. The van der Waals surface area contributed by atoms with Crippen LogP contribution in [0.3, 0.4) is 0 Å². The number of furan rings is 1. The SMILES string of the molecule is COC(=O)c1c(-c2ccco2)c([N+](=O)[O-])cc2c1[nH]c1cccc(I)c12. The van der Waals surface area contributed by atoms with Gasteiger partial charge in [-0.15, -0.1) is 0 Å². The fourth-order valence-corrected chi connectivity index (χ4v) is 3.94. The van der Waals surface area contributed by atoms with E-state index in [-0.39, 0.29) is 22.6 Å². The number of carbonyl (C=O) groups excluding carboxylic acids is 1. The number of ether oxygens (including phenoxy) is 1. The van der Waals surface area contributed by atoms with Gasteiger partial charge in [0.25, 0.3) is 5.69 Å². The smallest absolute Gasteiger partial charge is 0.341 e. The van der Waals surface area contributed by atoms with Crippen molar-refractivity contribution in [2.75, 3.05) is 7.11 Å². The molecule has 2 aromatic heterocycles. The molecule has 0 aliphatic heterocycles. The van der Waals surface area contributed by atoms with Crippen molar-refractivity contribution in [3.8, 4) is 11.3 Å². The Kier molecular flexibility index (Phi) is 3.91. The highest BCUT2D eigenvalue weighted by Crippen LogP contribution is 2.42. The third kappa shape index (κ3) is 2.37. The summed E-state index contributed by atoms with van der Waals surface area (Å²) in [6, 6.07) is 10.3. The van der Waals surface area contributed by atoms with E-state index >= 15 is 0 Å². The number of hydrogen-bond acceptors (Lipinski definition) is 5. The molecule has 26 heavy (non-hydrogen) atoms. The topological polar surface area (TPSA) is 98.4 Å². The first kappa shape index (κ1) is 16.6. The Morgan fingerprint density at radius 2 is 2.12 bits per heavy atom. The van der Waals surface area contributed by atoms with Gasteiger partial charge in [-0.3, -0.25) is 10.1 Å². The quantitative estimate of drug-likeness (QED) is 0.203. The summed E-state index contributed by atoms with van der Waals surface area (Å²) in [5, 5.41) is 13.2. The first-order chi connectivity index (χ1) is 12.5. The largest absolute Gasteiger partial charge is 0.465 e. The second-order valence-electron chi connectivity index (χ2n) is 5.58. The molecule has 7 nitrogen and oxygen atoms in total. The van der Waals surface area contributed by atoms with Crippen LogP contribution in [0.2, 0.25) is 0 Å². The number of hydrogen-bond donors (Lipinski definition) is 1. The molecule has 0 fully saturated rings. The van der Waals surface area contributed by atoms with E-state index in [0.717, 1.165) is 14.5 Å². The number of halogens is 1. The van der Waals surface area contributed by atoms with Crippen LogP contribution in [0.25, 0.3) is 33.1 Å². The normalized spacial score (nSPS) is 11.2. The van der Waals surface area contributed by atoms with Crippen LogP contribution in [0.5, 0.6) is 0 Å². The summed E-state index contributed by atoms with van der Waals surface area (Å²) in [5.74, 6) is -0.445. The van der Waals surface area contributed by atoms with Gasteiger partial charge in [0.15, 0.2) is 0 Å². The summed E-state index contributed by atoms with van der Waals surface area (Å²) in [4.78, 5) is 27.0. The number of esters is 1. The molecule has 4 rings (SSSR count). The van der Waals surface area contributed by atoms with Crippen LogP contribution >= 0.6 is 22.6 Å². The lowest BCUT2D eigenvalue weighted by molar-refractivity contribution is -0.384. The summed E-state index contributed by atoms with van der Waals surface area (Å²) in [7, 11) is 1.24. The van der Waals surface area contributed by atoms with Gasteiger partial charge in [-0.25, -0.2) is 4.79 Å². The predicted octanol–water partition coefficient (Wildman–Crippen LogP) is 4.88. The maximum atomic E-state index is 12.6. The maximum absolute atomic E-state index is 12.6. The van der Waals surface area contributed by atoms with Crippen molar-refractivity contribution in [3.05, 3.63) is 61.9 Å². The Labute approximate surface area is 160 Å². The molecule has 2 aromatic carbocycles. The van der Waals surface area contributed by atoms with Crippen LogP contribution in [0.15, 0.2) is 47.1 Å². The summed E-state index contributed by atoms with van der Waals surface area (Å²) >= 11 is 2.16. The zero-order valence-corrected chi connectivity index (χ0v) is 15.6. The zero-order valence-electron chi connectivity index (χ0n) is 13.4. The number of rotatable bonds is 3. The van der Waals surface area contributed by atoms with Gasteiger partial charge in [-0.1, -0.05) is 6.07 Å². The maximum Gasteiger partial charge on any atom is 0.341 e. The summed E-state index contributed by atoms with van der Waals surface area (Å²) in [6.07, 6.45) is 1.40. The highest BCUT2D eigenvalue weighted by Gasteiger charge is 2.30. The predicted molar refractivity (Wildman–Crippen MR) is 104 cm³/mol. The number of nitrogens with one attached hydrogen (secondary N) is 1. The van der Waals surface area contributed by atoms with Crippen molar-refractivity contribution in [2.24, 2.45) is 0 Å².